The quantitative estimate of drug-likeness (QED) is 0.762. The SMILES string of the molecule is CC(C)(C)OC(=O)N1CCN2[C@H](C1)CN(Cc1ccc(Cl)cc1)S2(=O)=O. The van der Waals surface area contributed by atoms with Crippen molar-refractivity contribution in [1.29, 1.82) is 0 Å². The average molecular weight is 402 g/mol. The summed E-state index contributed by atoms with van der Waals surface area (Å²) in [5, 5.41) is 0.614. The van der Waals surface area contributed by atoms with E-state index in [1.165, 1.54) is 8.61 Å². The van der Waals surface area contributed by atoms with Gasteiger partial charge >= 0.3 is 6.09 Å². The van der Waals surface area contributed by atoms with Gasteiger partial charge in [-0.15, -0.1) is 0 Å². The van der Waals surface area contributed by atoms with Crippen LogP contribution < -0.4 is 0 Å². The van der Waals surface area contributed by atoms with Crippen LogP contribution in [0.25, 0.3) is 0 Å². The largest absolute Gasteiger partial charge is 0.444 e. The Hall–Kier alpha value is -1.35. The highest BCUT2D eigenvalue weighted by Crippen LogP contribution is 2.28. The van der Waals surface area contributed by atoms with Gasteiger partial charge in [0, 0.05) is 37.7 Å². The van der Waals surface area contributed by atoms with Gasteiger partial charge in [0.25, 0.3) is 10.2 Å². The molecule has 0 bridgehead atoms. The Morgan fingerprint density at radius 1 is 1.19 bits per heavy atom. The van der Waals surface area contributed by atoms with Gasteiger partial charge in [-0.2, -0.15) is 17.0 Å². The van der Waals surface area contributed by atoms with Crippen LogP contribution in [0.2, 0.25) is 5.02 Å². The van der Waals surface area contributed by atoms with Crippen LogP contribution in [0.5, 0.6) is 0 Å². The lowest BCUT2D eigenvalue weighted by Crippen LogP contribution is -2.54. The second-order valence-electron chi connectivity index (χ2n) is 7.62. The molecule has 3 rings (SSSR count). The summed E-state index contributed by atoms with van der Waals surface area (Å²) in [7, 11) is -3.53. The first-order valence-corrected chi connectivity index (χ1v) is 10.3. The van der Waals surface area contributed by atoms with Crippen LogP contribution in [0.3, 0.4) is 0 Å². The number of amides is 1. The van der Waals surface area contributed by atoms with Gasteiger partial charge in [-0.05, 0) is 38.5 Å². The predicted octanol–water partition coefficient (Wildman–Crippen LogP) is 2.32. The second-order valence-corrected chi connectivity index (χ2v) is 9.94. The molecule has 2 heterocycles. The molecule has 2 fully saturated rings. The monoisotopic (exact) mass is 401 g/mol. The van der Waals surface area contributed by atoms with Gasteiger partial charge in [0.2, 0.25) is 0 Å². The summed E-state index contributed by atoms with van der Waals surface area (Å²) in [4.78, 5) is 13.9. The highest BCUT2D eigenvalue weighted by molar-refractivity contribution is 7.87. The third-order valence-electron chi connectivity index (χ3n) is 4.39. The molecule has 144 valence electrons. The maximum Gasteiger partial charge on any atom is 0.410 e. The van der Waals surface area contributed by atoms with Crippen LogP contribution in [0.4, 0.5) is 4.79 Å². The van der Waals surface area contributed by atoms with Crippen LogP contribution in [-0.4, -0.2) is 65.8 Å². The van der Waals surface area contributed by atoms with Gasteiger partial charge in [0.1, 0.15) is 5.60 Å². The molecule has 0 N–H and O–H groups in total. The van der Waals surface area contributed by atoms with E-state index in [1.54, 1.807) is 17.0 Å². The van der Waals surface area contributed by atoms with E-state index < -0.39 is 21.9 Å². The Morgan fingerprint density at radius 2 is 1.85 bits per heavy atom. The number of halogens is 1. The van der Waals surface area contributed by atoms with Crippen molar-refractivity contribution in [3.05, 3.63) is 34.9 Å². The molecule has 9 heteroatoms. The summed E-state index contributed by atoms with van der Waals surface area (Å²) in [6.07, 6.45) is -0.398. The molecule has 0 aromatic heterocycles. The van der Waals surface area contributed by atoms with E-state index in [4.69, 9.17) is 16.3 Å². The van der Waals surface area contributed by atoms with Crippen LogP contribution in [0, 0.1) is 0 Å². The number of carbonyl (C=O) groups excluding carboxylic acids is 1. The van der Waals surface area contributed by atoms with Gasteiger partial charge in [0.15, 0.2) is 0 Å². The number of benzene rings is 1. The maximum absolute atomic E-state index is 12.8. The van der Waals surface area contributed by atoms with E-state index in [0.29, 0.717) is 31.2 Å². The minimum atomic E-state index is -3.53. The third kappa shape index (κ3) is 4.14. The standard InChI is InChI=1S/C17H24ClN3O4S/c1-17(2,3)25-16(22)19-8-9-21-15(11-19)12-20(26(21,23)24)10-13-4-6-14(18)7-5-13/h4-7,15H,8-12H2,1-3H3/t15-/m1/s1. The molecule has 0 unspecified atom stereocenters. The van der Waals surface area contributed by atoms with E-state index in [0.717, 1.165) is 5.56 Å². The van der Waals surface area contributed by atoms with Gasteiger partial charge < -0.3 is 9.64 Å². The number of hydrogen-bond donors (Lipinski definition) is 0. The normalized spacial score (nSPS) is 23.7. The Morgan fingerprint density at radius 3 is 2.46 bits per heavy atom. The lowest BCUT2D eigenvalue weighted by molar-refractivity contribution is 0.0145. The minimum Gasteiger partial charge on any atom is -0.444 e. The van der Waals surface area contributed by atoms with Crippen molar-refractivity contribution in [3.8, 4) is 0 Å². The van der Waals surface area contributed by atoms with Crippen molar-refractivity contribution in [3.63, 3.8) is 0 Å². The molecule has 1 aromatic rings. The molecule has 0 saturated carbocycles. The van der Waals surface area contributed by atoms with E-state index in [2.05, 4.69) is 0 Å². The van der Waals surface area contributed by atoms with E-state index >= 15 is 0 Å². The van der Waals surface area contributed by atoms with Crippen molar-refractivity contribution >= 4 is 27.9 Å². The summed E-state index contributed by atoms with van der Waals surface area (Å²) in [5.74, 6) is 0. The molecule has 26 heavy (non-hydrogen) atoms. The number of hydrogen-bond acceptors (Lipinski definition) is 4. The summed E-state index contributed by atoms with van der Waals surface area (Å²) in [6, 6.07) is 6.88. The number of rotatable bonds is 2. The molecule has 7 nitrogen and oxygen atoms in total. The highest BCUT2D eigenvalue weighted by atomic mass is 35.5. The van der Waals surface area contributed by atoms with Crippen molar-refractivity contribution in [1.82, 2.24) is 13.5 Å². The first-order chi connectivity index (χ1) is 12.1. The molecule has 2 aliphatic heterocycles. The van der Waals surface area contributed by atoms with E-state index in [1.807, 2.05) is 32.9 Å². The van der Waals surface area contributed by atoms with Gasteiger partial charge in [-0.25, -0.2) is 4.79 Å². The lowest BCUT2D eigenvalue weighted by atomic mass is 10.2. The van der Waals surface area contributed by atoms with Gasteiger partial charge in [-0.3, -0.25) is 0 Å². The molecule has 0 spiro atoms. The maximum atomic E-state index is 12.8. The number of fused-ring (bicyclic) bond motifs is 1. The fourth-order valence-corrected chi connectivity index (χ4v) is 5.12. The molecule has 1 atom stereocenters. The number of nitrogens with zero attached hydrogens (tertiary/aromatic N) is 3. The lowest BCUT2D eigenvalue weighted by Gasteiger charge is -2.36. The first-order valence-electron chi connectivity index (χ1n) is 8.55. The number of ether oxygens (including phenoxy) is 1. The molecule has 1 amide bonds. The zero-order chi connectivity index (χ0) is 19.1. The topological polar surface area (TPSA) is 70.2 Å². The van der Waals surface area contributed by atoms with Crippen molar-refractivity contribution in [2.45, 2.75) is 39.0 Å². The predicted molar refractivity (Wildman–Crippen MR) is 99.1 cm³/mol. The van der Waals surface area contributed by atoms with Gasteiger partial charge in [-0.1, -0.05) is 23.7 Å². The Balaban J connectivity index is 1.69. The summed E-state index contributed by atoms with van der Waals surface area (Å²) >= 11 is 5.89. The Kier molecular flexibility index (Phi) is 5.22. The second kappa shape index (κ2) is 6.99. The molecule has 0 radical (unpaired) electrons. The zero-order valence-corrected chi connectivity index (χ0v) is 16.8. The zero-order valence-electron chi connectivity index (χ0n) is 15.2. The first kappa shape index (κ1) is 19.4. The van der Waals surface area contributed by atoms with Crippen LogP contribution in [0.1, 0.15) is 26.3 Å². The third-order valence-corrected chi connectivity index (χ3v) is 6.65. The van der Waals surface area contributed by atoms with E-state index in [9.17, 15) is 13.2 Å². The molecule has 0 aliphatic carbocycles. The number of piperazine rings is 1. The van der Waals surface area contributed by atoms with Crippen molar-refractivity contribution < 1.29 is 17.9 Å². The van der Waals surface area contributed by atoms with Crippen molar-refractivity contribution in [2.24, 2.45) is 0 Å². The summed E-state index contributed by atoms with van der Waals surface area (Å²) in [5.41, 5.74) is 0.304. The fraction of sp³-hybridized carbons (Fsp3) is 0.588. The number of carbonyl (C=O) groups is 1. The molecular formula is C17H24ClN3O4S. The summed E-state index contributed by atoms with van der Waals surface area (Å²) < 4.78 is 33.9. The van der Waals surface area contributed by atoms with Crippen LogP contribution in [0.15, 0.2) is 24.3 Å². The fourth-order valence-electron chi connectivity index (χ4n) is 3.20. The van der Waals surface area contributed by atoms with Crippen LogP contribution in [-0.2, 0) is 21.5 Å². The summed E-state index contributed by atoms with van der Waals surface area (Å²) in [6.45, 7) is 7.04. The Bertz CT molecular complexity index is 776. The molecule has 2 saturated heterocycles. The molecular weight excluding hydrogens is 378 g/mol. The van der Waals surface area contributed by atoms with Crippen LogP contribution >= 0.6 is 11.6 Å². The van der Waals surface area contributed by atoms with Crippen molar-refractivity contribution in [2.75, 3.05) is 26.2 Å². The highest BCUT2D eigenvalue weighted by Gasteiger charge is 2.47. The smallest absolute Gasteiger partial charge is 0.410 e. The van der Waals surface area contributed by atoms with Gasteiger partial charge in [0.05, 0.1) is 6.04 Å². The van der Waals surface area contributed by atoms with E-state index in [-0.39, 0.29) is 12.6 Å². The molecule has 2 aliphatic rings. The average Bonchev–Trinajstić information content (AvgIpc) is 2.78. The Labute approximate surface area is 159 Å². The minimum absolute atomic E-state index is 0.256. The molecule has 1 aromatic carbocycles.